The number of hydrogen-bond donors (Lipinski definition) is 2. The highest BCUT2D eigenvalue weighted by Crippen LogP contribution is 2.21. The Balaban J connectivity index is 1.95. The first-order valence-corrected chi connectivity index (χ1v) is 8.02. The van der Waals surface area contributed by atoms with Crippen LogP contribution in [0.5, 0.6) is 0 Å². The van der Waals surface area contributed by atoms with E-state index in [2.05, 4.69) is 10.6 Å². The fourth-order valence-electron chi connectivity index (χ4n) is 2.46. The largest absolute Gasteiger partial charge is 0.354 e. The number of nitrogens with zero attached hydrogens (tertiary/aromatic N) is 1. The molecule has 1 atom stereocenters. The summed E-state index contributed by atoms with van der Waals surface area (Å²) in [4.78, 5) is 37.3. The first-order chi connectivity index (χ1) is 11.0. The molecule has 3 amide bonds. The Hall–Kier alpha value is -2.37. The van der Waals surface area contributed by atoms with Crippen molar-refractivity contribution >= 4 is 23.4 Å². The predicted octanol–water partition coefficient (Wildman–Crippen LogP) is 1.46. The number of carbonyl (C=O) groups is 3. The Bertz CT molecular complexity index is 583. The van der Waals surface area contributed by atoms with E-state index in [1.54, 1.807) is 36.1 Å². The molecule has 23 heavy (non-hydrogen) atoms. The standard InChI is InChI=1S/C17H23N3O3/c1-3-10-18-16(22)12(2)19-17(23)13-6-8-14(9-7-13)20-11-4-5-15(20)21/h6-9,12H,3-5,10-11H2,1-2H3,(H,18,22)(H,19,23)/t12-/m1/s1. The maximum Gasteiger partial charge on any atom is 0.251 e. The lowest BCUT2D eigenvalue weighted by Crippen LogP contribution is -2.45. The van der Waals surface area contributed by atoms with Crippen LogP contribution in [0.4, 0.5) is 5.69 Å². The molecule has 0 bridgehead atoms. The van der Waals surface area contributed by atoms with Crippen LogP contribution < -0.4 is 15.5 Å². The first-order valence-electron chi connectivity index (χ1n) is 8.02. The lowest BCUT2D eigenvalue weighted by Gasteiger charge is -2.17. The van der Waals surface area contributed by atoms with E-state index >= 15 is 0 Å². The van der Waals surface area contributed by atoms with Crippen LogP contribution in [0.2, 0.25) is 0 Å². The lowest BCUT2D eigenvalue weighted by atomic mass is 10.1. The maximum atomic E-state index is 12.2. The summed E-state index contributed by atoms with van der Waals surface area (Å²) < 4.78 is 0. The normalized spacial score (nSPS) is 15.4. The zero-order valence-electron chi connectivity index (χ0n) is 13.6. The topological polar surface area (TPSA) is 78.5 Å². The molecule has 2 rings (SSSR count). The zero-order valence-corrected chi connectivity index (χ0v) is 13.6. The number of amides is 3. The molecular weight excluding hydrogens is 294 g/mol. The second-order valence-electron chi connectivity index (χ2n) is 5.68. The fourth-order valence-corrected chi connectivity index (χ4v) is 2.46. The molecule has 1 fully saturated rings. The molecule has 0 radical (unpaired) electrons. The molecule has 0 unspecified atom stereocenters. The van der Waals surface area contributed by atoms with Gasteiger partial charge < -0.3 is 15.5 Å². The summed E-state index contributed by atoms with van der Waals surface area (Å²) in [5.41, 5.74) is 1.27. The van der Waals surface area contributed by atoms with Crippen molar-refractivity contribution in [1.29, 1.82) is 0 Å². The number of rotatable bonds is 6. The number of anilines is 1. The minimum Gasteiger partial charge on any atom is -0.354 e. The summed E-state index contributed by atoms with van der Waals surface area (Å²) in [6, 6.07) is 6.29. The van der Waals surface area contributed by atoms with Gasteiger partial charge in [-0.25, -0.2) is 0 Å². The molecule has 0 spiro atoms. The average molecular weight is 317 g/mol. The summed E-state index contributed by atoms with van der Waals surface area (Å²) in [5.74, 6) is -0.383. The van der Waals surface area contributed by atoms with Gasteiger partial charge in [0.15, 0.2) is 0 Å². The van der Waals surface area contributed by atoms with E-state index in [-0.39, 0.29) is 17.7 Å². The number of nitrogens with one attached hydrogen (secondary N) is 2. The number of carbonyl (C=O) groups excluding carboxylic acids is 3. The predicted molar refractivity (Wildman–Crippen MR) is 88.3 cm³/mol. The quantitative estimate of drug-likeness (QED) is 0.834. The molecular formula is C17H23N3O3. The van der Waals surface area contributed by atoms with E-state index < -0.39 is 6.04 Å². The molecule has 6 heteroatoms. The third kappa shape index (κ3) is 4.31. The molecule has 1 aliphatic rings. The third-order valence-electron chi connectivity index (χ3n) is 3.80. The van der Waals surface area contributed by atoms with Crippen molar-refractivity contribution in [2.24, 2.45) is 0 Å². The molecule has 6 nitrogen and oxygen atoms in total. The summed E-state index contributed by atoms with van der Waals surface area (Å²) >= 11 is 0. The molecule has 1 aromatic rings. The molecule has 1 saturated heterocycles. The summed E-state index contributed by atoms with van der Waals surface area (Å²) in [5, 5.41) is 5.41. The van der Waals surface area contributed by atoms with E-state index in [1.807, 2.05) is 6.92 Å². The SMILES string of the molecule is CCCNC(=O)[C@@H](C)NC(=O)c1ccc(N2CCCC2=O)cc1. The van der Waals surface area contributed by atoms with Crippen molar-refractivity contribution in [3.05, 3.63) is 29.8 Å². The van der Waals surface area contributed by atoms with Crippen LogP contribution in [0.3, 0.4) is 0 Å². The van der Waals surface area contributed by atoms with Crippen LogP contribution in [-0.4, -0.2) is 36.9 Å². The van der Waals surface area contributed by atoms with Gasteiger partial charge in [-0.3, -0.25) is 14.4 Å². The van der Waals surface area contributed by atoms with E-state index in [0.29, 0.717) is 18.5 Å². The van der Waals surface area contributed by atoms with Gasteiger partial charge in [-0.15, -0.1) is 0 Å². The second kappa shape index (κ2) is 7.76. The highest BCUT2D eigenvalue weighted by molar-refractivity contribution is 5.99. The van der Waals surface area contributed by atoms with E-state index in [9.17, 15) is 14.4 Å². The van der Waals surface area contributed by atoms with E-state index in [1.165, 1.54) is 0 Å². The molecule has 0 aliphatic carbocycles. The van der Waals surface area contributed by atoms with Gasteiger partial charge in [0.2, 0.25) is 11.8 Å². The van der Waals surface area contributed by atoms with Gasteiger partial charge in [-0.05, 0) is 44.0 Å². The maximum absolute atomic E-state index is 12.2. The molecule has 124 valence electrons. The van der Waals surface area contributed by atoms with Crippen LogP contribution in [0.25, 0.3) is 0 Å². The van der Waals surface area contributed by atoms with Gasteiger partial charge in [0.1, 0.15) is 6.04 Å². The molecule has 1 aliphatic heterocycles. The summed E-state index contributed by atoms with van der Waals surface area (Å²) in [7, 11) is 0. The van der Waals surface area contributed by atoms with Crippen molar-refractivity contribution in [2.45, 2.75) is 39.2 Å². The minimum atomic E-state index is -0.589. The molecule has 1 aromatic carbocycles. The van der Waals surface area contributed by atoms with Crippen LogP contribution in [0.1, 0.15) is 43.5 Å². The molecule has 0 saturated carbocycles. The van der Waals surface area contributed by atoms with Crippen molar-refractivity contribution in [3.8, 4) is 0 Å². The molecule has 2 N–H and O–H groups in total. The smallest absolute Gasteiger partial charge is 0.251 e. The van der Waals surface area contributed by atoms with E-state index in [0.717, 1.165) is 25.1 Å². The third-order valence-corrected chi connectivity index (χ3v) is 3.80. The highest BCUT2D eigenvalue weighted by atomic mass is 16.2. The van der Waals surface area contributed by atoms with Gasteiger partial charge in [0.25, 0.3) is 5.91 Å². The summed E-state index contributed by atoms with van der Waals surface area (Å²) in [6.45, 7) is 4.94. The van der Waals surface area contributed by atoms with Crippen LogP contribution in [0.15, 0.2) is 24.3 Å². The van der Waals surface area contributed by atoms with Crippen molar-refractivity contribution in [2.75, 3.05) is 18.0 Å². The summed E-state index contributed by atoms with van der Waals surface area (Å²) in [6.07, 6.45) is 2.29. The first kappa shape index (κ1) is 17.0. The Kier molecular flexibility index (Phi) is 5.73. The Morgan fingerprint density at radius 1 is 1.26 bits per heavy atom. The Labute approximate surface area is 136 Å². The van der Waals surface area contributed by atoms with Gasteiger partial charge in [0, 0.05) is 30.8 Å². The number of hydrogen-bond acceptors (Lipinski definition) is 3. The highest BCUT2D eigenvalue weighted by Gasteiger charge is 2.22. The Morgan fingerprint density at radius 2 is 1.96 bits per heavy atom. The van der Waals surface area contributed by atoms with Crippen molar-refractivity contribution < 1.29 is 14.4 Å². The monoisotopic (exact) mass is 317 g/mol. The van der Waals surface area contributed by atoms with Gasteiger partial charge in [0.05, 0.1) is 0 Å². The minimum absolute atomic E-state index is 0.114. The second-order valence-corrected chi connectivity index (χ2v) is 5.68. The lowest BCUT2D eigenvalue weighted by molar-refractivity contribution is -0.122. The van der Waals surface area contributed by atoms with Crippen LogP contribution in [0, 0.1) is 0 Å². The van der Waals surface area contributed by atoms with Crippen LogP contribution in [-0.2, 0) is 9.59 Å². The van der Waals surface area contributed by atoms with Gasteiger partial charge in [-0.2, -0.15) is 0 Å². The fraction of sp³-hybridized carbons (Fsp3) is 0.471. The molecule has 1 heterocycles. The van der Waals surface area contributed by atoms with Gasteiger partial charge in [-0.1, -0.05) is 6.92 Å². The Morgan fingerprint density at radius 3 is 2.52 bits per heavy atom. The van der Waals surface area contributed by atoms with Crippen molar-refractivity contribution in [1.82, 2.24) is 10.6 Å². The number of benzene rings is 1. The van der Waals surface area contributed by atoms with E-state index in [4.69, 9.17) is 0 Å². The van der Waals surface area contributed by atoms with Crippen molar-refractivity contribution in [3.63, 3.8) is 0 Å². The van der Waals surface area contributed by atoms with Gasteiger partial charge >= 0.3 is 0 Å². The zero-order chi connectivity index (χ0) is 16.8. The van der Waals surface area contributed by atoms with Crippen LogP contribution >= 0.6 is 0 Å². The average Bonchev–Trinajstić information content (AvgIpc) is 2.98. The molecule has 0 aromatic heterocycles.